The molecular weight excluding hydrogens is 482 g/mol. The molecule has 0 saturated heterocycles. The monoisotopic (exact) mass is 509 g/mol. The van der Waals surface area contributed by atoms with Gasteiger partial charge in [0.15, 0.2) is 0 Å². The van der Waals surface area contributed by atoms with Crippen molar-refractivity contribution in [3.05, 3.63) is 179 Å². The molecule has 0 radical (unpaired) electrons. The van der Waals surface area contributed by atoms with E-state index in [9.17, 15) is 5.26 Å². The molecule has 0 bridgehead atoms. The summed E-state index contributed by atoms with van der Waals surface area (Å²) in [6, 6.07) is 54.4. The maximum atomic E-state index is 9.60. The van der Waals surface area contributed by atoms with Crippen LogP contribution in [0.3, 0.4) is 0 Å². The van der Waals surface area contributed by atoms with Crippen molar-refractivity contribution in [1.82, 2.24) is 0 Å². The number of fused-ring (bicyclic) bond motifs is 3. The van der Waals surface area contributed by atoms with Crippen LogP contribution in [0.25, 0.3) is 33.4 Å². The molecule has 0 amide bonds. The van der Waals surface area contributed by atoms with Crippen molar-refractivity contribution < 1.29 is 0 Å². The van der Waals surface area contributed by atoms with E-state index in [0.717, 1.165) is 5.56 Å². The lowest BCUT2D eigenvalue weighted by Gasteiger charge is -2.34. The van der Waals surface area contributed by atoms with Gasteiger partial charge in [0.05, 0.1) is 17.0 Å². The van der Waals surface area contributed by atoms with E-state index < -0.39 is 5.41 Å². The number of nitrogens with zero attached hydrogens (tertiary/aromatic N) is 1. The maximum absolute atomic E-state index is 9.60. The van der Waals surface area contributed by atoms with E-state index in [-0.39, 0.29) is 0 Å². The quantitative estimate of drug-likeness (QED) is 0.232. The largest absolute Gasteiger partial charge is 0.192 e. The Morgan fingerprint density at radius 2 is 0.925 bits per heavy atom. The van der Waals surface area contributed by atoms with Crippen LogP contribution < -0.4 is 0 Å². The predicted octanol–water partition coefficient (Wildman–Crippen LogP) is 9.56. The van der Waals surface area contributed by atoms with Gasteiger partial charge in [-0.15, -0.1) is 0 Å². The highest BCUT2D eigenvalue weighted by Crippen LogP contribution is 2.60. The topological polar surface area (TPSA) is 23.8 Å². The number of hydrogen-bond acceptors (Lipinski definition) is 1. The van der Waals surface area contributed by atoms with E-state index in [1.807, 2.05) is 12.1 Å². The van der Waals surface area contributed by atoms with Crippen molar-refractivity contribution in [3.8, 4) is 39.4 Å². The number of benzene rings is 6. The summed E-state index contributed by atoms with van der Waals surface area (Å²) in [5.74, 6) is 0. The highest BCUT2D eigenvalue weighted by molar-refractivity contribution is 6.01. The molecule has 0 fully saturated rings. The summed E-state index contributed by atoms with van der Waals surface area (Å²) in [6.07, 6.45) is 0. The average Bonchev–Trinajstić information content (AvgIpc) is 3.34. The minimum atomic E-state index is -0.540. The van der Waals surface area contributed by atoms with Crippen LogP contribution >= 0.6 is 0 Å². The highest BCUT2D eigenvalue weighted by atomic mass is 14.5. The first-order valence-corrected chi connectivity index (χ1v) is 13.7. The summed E-state index contributed by atoms with van der Waals surface area (Å²) in [6.45, 7) is 2.13. The molecule has 1 heteroatoms. The first-order valence-electron chi connectivity index (χ1n) is 13.7. The van der Waals surface area contributed by atoms with Crippen molar-refractivity contribution in [2.45, 2.75) is 12.3 Å². The Bertz CT molecular complexity index is 1790. The van der Waals surface area contributed by atoms with Crippen molar-refractivity contribution in [2.24, 2.45) is 0 Å². The van der Waals surface area contributed by atoms with Crippen molar-refractivity contribution in [3.63, 3.8) is 0 Å². The molecular formula is C39H27N. The molecule has 1 aliphatic rings. The maximum Gasteiger partial charge on any atom is 0.0991 e. The van der Waals surface area contributed by atoms with Crippen molar-refractivity contribution in [2.75, 3.05) is 0 Å². The van der Waals surface area contributed by atoms with E-state index >= 15 is 0 Å². The van der Waals surface area contributed by atoms with Gasteiger partial charge >= 0.3 is 0 Å². The molecule has 0 heterocycles. The normalized spacial score (nSPS) is 12.8. The standard InChI is InChI=1S/C39H27N/c1-27-18-22-31(23-19-27)39(32-24-20-28(26-40)21-25-32)35-16-8-14-33(29-10-4-2-5-11-29)37(35)38-34(15-9-17-36(38)39)30-12-6-3-7-13-30/h2-25H,1H3. The second-order valence-corrected chi connectivity index (χ2v) is 10.5. The molecule has 0 N–H and O–H groups in total. The molecule has 0 aliphatic heterocycles. The zero-order chi connectivity index (χ0) is 27.1. The average molecular weight is 510 g/mol. The summed E-state index contributed by atoms with van der Waals surface area (Å²) in [5, 5.41) is 9.60. The van der Waals surface area contributed by atoms with Gasteiger partial charge in [-0.2, -0.15) is 5.26 Å². The number of rotatable bonds is 4. The van der Waals surface area contributed by atoms with Crippen LogP contribution in [-0.4, -0.2) is 0 Å². The lowest BCUT2D eigenvalue weighted by Crippen LogP contribution is -2.28. The molecule has 6 aromatic rings. The summed E-state index contributed by atoms with van der Waals surface area (Å²) >= 11 is 0. The van der Waals surface area contributed by atoms with Gasteiger partial charge < -0.3 is 0 Å². The lowest BCUT2D eigenvalue weighted by molar-refractivity contribution is 0.768. The van der Waals surface area contributed by atoms with Crippen LogP contribution in [0.1, 0.15) is 33.4 Å². The van der Waals surface area contributed by atoms with E-state index in [1.54, 1.807) is 0 Å². The Morgan fingerprint density at radius 1 is 0.475 bits per heavy atom. The minimum Gasteiger partial charge on any atom is -0.192 e. The zero-order valence-corrected chi connectivity index (χ0v) is 22.3. The Morgan fingerprint density at radius 3 is 1.38 bits per heavy atom. The number of aryl methyl sites for hydroxylation is 1. The molecule has 0 unspecified atom stereocenters. The molecule has 1 nitrogen and oxygen atoms in total. The fourth-order valence-corrected chi connectivity index (χ4v) is 6.52. The van der Waals surface area contributed by atoms with Gasteiger partial charge in [0.1, 0.15) is 0 Å². The molecule has 188 valence electrons. The van der Waals surface area contributed by atoms with Crippen LogP contribution in [0.2, 0.25) is 0 Å². The summed E-state index contributed by atoms with van der Waals surface area (Å²) in [4.78, 5) is 0. The van der Waals surface area contributed by atoms with E-state index in [2.05, 4.69) is 146 Å². The summed E-state index contributed by atoms with van der Waals surface area (Å²) < 4.78 is 0. The van der Waals surface area contributed by atoms with E-state index in [1.165, 1.54) is 55.6 Å². The molecule has 7 rings (SSSR count). The number of nitriles is 1. The fourth-order valence-electron chi connectivity index (χ4n) is 6.52. The second kappa shape index (κ2) is 9.53. The third kappa shape index (κ3) is 3.54. The summed E-state index contributed by atoms with van der Waals surface area (Å²) in [7, 11) is 0. The van der Waals surface area contributed by atoms with Crippen LogP contribution in [0.5, 0.6) is 0 Å². The Labute approximate surface area is 235 Å². The van der Waals surface area contributed by atoms with Gasteiger partial charge in [-0.1, -0.05) is 139 Å². The molecule has 0 atom stereocenters. The third-order valence-electron chi connectivity index (χ3n) is 8.29. The smallest absolute Gasteiger partial charge is 0.0991 e. The molecule has 0 saturated carbocycles. The zero-order valence-electron chi connectivity index (χ0n) is 22.3. The predicted molar refractivity (Wildman–Crippen MR) is 164 cm³/mol. The molecule has 0 spiro atoms. The number of hydrogen-bond donors (Lipinski definition) is 0. The molecule has 1 aliphatic carbocycles. The van der Waals surface area contributed by atoms with Crippen LogP contribution in [0.4, 0.5) is 0 Å². The molecule has 6 aromatic carbocycles. The van der Waals surface area contributed by atoms with E-state index in [0.29, 0.717) is 5.56 Å². The van der Waals surface area contributed by atoms with Gasteiger partial charge in [-0.3, -0.25) is 0 Å². The Balaban J connectivity index is 1.67. The molecule has 0 aromatic heterocycles. The van der Waals surface area contributed by atoms with Crippen LogP contribution in [0.15, 0.2) is 146 Å². The Hall–Kier alpha value is -5.19. The summed E-state index contributed by atoms with van der Waals surface area (Å²) in [5.41, 5.74) is 13.7. The molecule has 40 heavy (non-hydrogen) atoms. The van der Waals surface area contributed by atoms with Crippen LogP contribution in [-0.2, 0) is 5.41 Å². The van der Waals surface area contributed by atoms with E-state index in [4.69, 9.17) is 0 Å². The second-order valence-electron chi connectivity index (χ2n) is 10.5. The Kier molecular flexibility index (Phi) is 5.69. The SMILES string of the molecule is Cc1ccc(C2(c3ccc(C#N)cc3)c3cccc(-c4ccccc4)c3-c3c(-c4ccccc4)cccc32)cc1. The van der Waals surface area contributed by atoms with Gasteiger partial charge in [0.25, 0.3) is 0 Å². The first kappa shape index (κ1) is 23.9. The van der Waals surface area contributed by atoms with Crippen molar-refractivity contribution in [1.29, 1.82) is 5.26 Å². The fraction of sp³-hybridized carbons (Fsp3) is 0.0513. The van der Waals surface area contributed by atoms with Gasteiger partial charge in [0.2, 0.25) is 0 Å². The highest BCUT2D eigenvalue weighted by Gasteiger charge is 2.47. The van der Waals surface area contributed by atoms with Gasteiger partial charge in [-0.05, 0) is 74.7 Å². The third-order valence-corrected chi connectivity index (χ3v) is 8.29. The van der Waals surface area contributed by atoms with Crippen LogP contribution in [0, 0.1) is 18.3 Å². The van der Waals surface area contributed by atoms with Gasteiger partial charge in [-0.25, -0.2) is 0 Å². The van der Waals surface area contributed by atoms with Gasteiger partial charge in [0, 0.05) is 0 Å². The minimum absolute atomic E-state index is 0.540. The lowest BCUT2D eigenvalue weighted by atomic mass is 9.67. The first-order chi connectivity index (χ1) is 19.7. The van der Waals surface area contributed by atoms with Crippen molar-refractivity contribution >= 4 is 0 Å².